The predicted octanol–water partition coefficient (Wildman–Crippen LogP) is 1.59. The summed E-state index contributed by atoms with van der Waals surface area (Å²) in [7, 11) is 0. The highest BCUT2D eigenvalue weighted by Crippen LogP contribution is 2.24. The molecular formula is C16H20N4O. The highest BCUT2D eigenvalue weighted by Gasteiger charge is 2.16. The van der Waals surface area contributed by atoms with Gasteiger partial charge in [0, 0.05) is 13.1 Å². The van der Waals surface area contributed by atoms with E-state index in [1.54, 1.807) is 6.33 Å². The van der Waals surface area contributed by atoms with E-state index in [1.807, 2.05) is 4.68 Å². The van der Waals surface area contributed by atoms with E-state index in [4.69, 9.17) is 4.74 Å². The molecule has 0 bridgehead atoms. The third kappa shape index (κ3) is 2.59. The normalized spacial score (nSPS) is 18.9. The lowest BCUT2D eigenvalue weighted by Gasteiger charge is -2.26. The second-order valence-corrected chi connectivity index (χ2v) is 5.78. The topological polar surface area (TPSA) is 43.2 Å². The van der Waals surface area contributed by atoms with Crippen LogP contribution in [0.3, 0.4) is 0 Å². The molecule has 1 aromatic carbocycles. The van der Waals surface area contributed by atoms with E-state index >= 15 is 0 Å². The van der Waals surface area contributed by atoms with Crippen molar-refractivity contribution in [3.05, 3.63) is 41.5 Å². The molecule has 0 radical (unpaired) electrons. The van der Waals surface area contributed by atoms with E-state index in [0.717, 1.165) is 44.4 Å². The zero-order valence-corrected chi connectivity index (χ0v) is 12.2. The molecule has 1 fully saturated rings. The summed E-state index contributed by atoms with van der Waals surface area (Å²) in [4.78, 5) is 6.82. The molecule has 21 heavy (non-hydrogen) atoms. The van der Waals surface area contributed by atoms with Crippen molar-refractivity contribution in [3.63, 3.8) is 0 Å². The zero-order valence-electron chi connectivity index (χ0n) is 12.2. The van der Waals surface area contributed by atoms with Gasteiger partial charge in [0.25, 0.3) is 0 Å². The average Bonchev–Trinajstić information content (AvgIpc) is 3.16. The van der Waals surface area contributed by atoms with E-state index in [9.17, 15) is 0 Å². The molecule has 0 unspecified atom stereocenters. The van der Waals surface area contributed by atoms with Crippen LogP contribution >= 0.6 is 0 Å². The number of morpholine rings is 1. The Morgan fingerprint density at radius 1 is 1.10 bits per heavy atom. The summed E-state index contributed by atoms with van der Waals surface area (Å²) in [6.07, 6.45) is 5.34. The minimum atomic E-state index is 0.812. The minimum absolute atomic E-state index is 0.812. The van der Waals surface area contributed by atoms with Crippen LogP contribution in [-0.4, -0.2) is 46.0 Å². The van der Waals surface area contributed by atoms with Crippen LogP contribution in [-0.2, 0) is 24.1 Å². The summed E-state index contributed by atoms with van der Waals surface area (Å²) in [5, 5.41) is 4.43. The number of hydrogen-bond acceptors (Lipinski definition) is 4. The zero-order chi connectivity index (χ0) is 14.1. The number of aryl methyl sites for hydroxylation is 2. The van der Waals surface area contributed by atoms with Gasteiger partial charge in [-0.3, -0.25) is 4.90 Å². The van der Waals surface area contributed by atoms with Gasteiger partial charge in [-0.2, -0.15) is 5.10 Å². The maximum absolute atomic E-state index is 5.40. The van der Waals surface area contributed by atoms with Gasteiger partial charge < -0.3 is 4.74 Å². The predicted molar refractivity (Wildman–Crippen MR) is 79.5 cm³/mol. The Morgan fingerprint density at radius 3 is 2.86 bits per heavy atom. The number of aromatic nitrogens is 3. The van der Waals surface area contributed by atoms with Crippen molar-refractivity contribution in [3.8, 4) is 5.69 Å². The smallest absolute Gasteiger partial charge is 0.146 e. The lowest BCUT2D eigenvalue weighted by Crippen LogP contribution is -2.36. The lowest BCUT2D eigenvalue weighted by molar-refractivity contribution is 0.0328. The van der Waals surface area contributed by atoms with Gasteiger partial charge in [-0.25, -0.2) is 9.67 Å². The summed E-state index contributed by atoms with van der Waals surface area (Å²) in [6.45, 7) is 4.40. The summed E-state index contributed by atoms with van der Waals surface area (Å²) in [5.74, 6) is 1.01. The Morgan fingerprint density at radius 2 is 1.95 bits per heavy atom. The first-order valence-electron chi connectivity index (χ1n) is 7.71. The fourth-order valence-corrected chi connectivity index (χ4v) is 3.24. The molecule has 5 heteroatoms. The molecule has 1 saturated heterocycles. The highest BCUT2D eigenvalue weighted by molar-refractivity contribution is 5.42. The van der Waals surface area contributed by atoms with Crippen molar-refractivity contribution in [2.24, 2.45) is 0 Å². The van der Waals surface area contributed by atoms with Crippen LogP contribution in [0, 0.1) is 0 Å². The molecule has 2 aromatic rings. The van der Waals surface area contributed by atoms with Gasteiger partial charge in [0.15, 0.2) is 0 Å². The van der Waals surface area contributed by atoms with Gasteiger partial charge in [-0.05, 0) is 42.5 Å². The van der Waals surface area contributed by atoms with E-state index in [1.165, 1.54) is 30.4 Å². The van der Waals surface area contributed by atoms with Crippen molar-refractivity contribution < 1.29 is 4.74 Å². The number of nitrogens with zero attached hydrogens (tertiary/aromatic N) is 4. The Kier molecular flexibility index (Phi) is 3.45. The van der Waals surface area contributed by atoms with E-state index in [2.05, 4.69) is 33.2 Å². The number of hydrogen-bond donors (Lipinski definition) is 0. The molecule has 0 spiro atoms. The summed E-state index contributed by atoms with van der Waals surface area (Å²) in [5.41, 5.74) is 4.10. The molecule has 2 aliphatic rings. The minimum Gasteiger partial charge on any atom is -0.379 e. The Hall–Kier alpha value is -1.72. The van der Waals surface area contributed by atoms with Gasteiger partial charge in [-0.1, -0.05) is 6.07 Å². The van der Waals surface area contributed by atoms with Crippen molar-refractivity contribution >= 4 is 0 Å². The Balaban J connectivity index is 1.59. The molecule has 5 nitrogen and oxygen atoms in total. The average molecular weight is 284 g/mol. The van der Waals surface area contributed by atoms with Crippen molar-refractivity contribution in [1.29, 1.82) is 0 Å². The molecule has 110 valence electrons. The van der Waals surface area contributed by atoms with Gasteiger partial charge in [0.1, 0.15) is 12.2 Å². The Bertz CT molecular complexity index is 631. The standard InChI is InChI=1S/C16H20N4O/c1-2-13-4-5-15(10-14(13)3-1)20-16(17-12-18-20)11-19-6-8-21-9-7-19/h4-5,10,12H,1-3,6-9,11H2. The van der Waals surface area contributed by atoms with Gasteiger partial charge in [0.2, 0.25) is 0 Å². The fourth-order valence-electron chi connectivity index (χ4n) is 3.24. The van der Waals surface area contributed by atoms with Crippen LogP contribution < -0.4 is 0 Å². The van der Waals surface area contributed by atoms with Crippen LogP contribution in [0.1, 0.15) is 23.4 Å². The van der Waals surface area contributed by atoms with Gasteiger partial charge in [0.05, 0.1) is 25.4 Å². The molecule has 1 aromatic heterocycles. The summed E-state index contributed by atoms with van der Waals surface area (Å²) >= 11 is 0. The molecule has 2 heterocycles. The number of rotatable bonds is 3. The SMILES string of the molecule is c1nc(CN2CCOCC2)n(-c2ccc3c(c2)CCC3)n1. The van der Waals surface area contributed by atoms with Crippen molar-refractivity contribution in [1.82, 2.24) is 19.7 Å². The second kappa shape index (κ2) is 5.58. The van der Waals surface area contributed by atoms with Gasteiger partial charge in [-0.15, -0.1) is 0 Å². The van der Waals surface area contributed by atoms with E-state index in [-0.39, 0.29) is 0 Å². The maximum atomic E-state index is 5.40. The van der Waals surface area contributed by atoms with Crippen LogP contribution in [0.15, 0.2) is 24.5 Å². The summed E-state index contributed by atoms with van der Waals surface area (Å²) < 4.78 is 7.38. The van der Waals surface area contributed by atoms with Crippen molar-refractivity contribution in [2.75, 3.05) is 26.3 Å². The van der Waals surface area contributed by atoms with E-state index < -0.39 is 0 Å². The molecule has 0 atom stereocenters. The largest absolute Gasteiger partial charge is 0.379 e. The number of ether oxygens (including phenoxy) is 1. The molecular weight excluding hydrogens is 264 g/mol. The second-order valence-electron chi connectivity index (χ2n) is 5.78. The monoisotopic (exact) mass is 284 g/mol. The van der Waals surface area contributed by atoms with Crippen LogP contribution in [0.25, 0.3) is 5.69 Å². The molecule has 4 rings (SSSR count). The molecule has 1 aliphatic heterocycles. The first kappa shape index (κ1) is 13.0. The molecule has 0 N–H and O–H groups in total. The number of benzene rings is 1. The van der Waals surface area contributed by atoms with Gasteiger partial charge >= 0.3 is 0 Å². The number of fused-ring (bicyclic) bond motifs is 1. The van der Waals surface area contributed by atoms with Crippen LogP contribution in [0.2, 0.25) is 0 Å². The van der Waals surface area contributed by atoms with E-state index in [0.29, 0.717) is 0 Å². The highest BCUT2D eigenvalue weighted by atomic mass is 16.5. The molecule has 0 saturated carbocycles. The molecule has 0 amide bonds. The summed E-state index contributed by atoms with van der Waals surface area (Å²) in [6, 6.07) is 6.69. The maximum Gasteiger partial charge on any atom is 0.146 e. The lowest BCUT2D eigenvalue weighted by atomic mass is 10.1. The first-order chi connectivity index (χ1) is 10.4. The third-order valence-corrected chi connectivity index (χ3v) is 4.41. The molecule has 1 aliphatic carbocycles. The van der Waals surface area contributed by atoms with Crippen LogP contribution in [0.5, 0.6) is 0 Å². The van der Waals surface area contributed by atoms with Crippen LogP contribution in [0.4, 0.5) is 0 Å². The third-order valence-electron chi connectivity index (χ3n) is 4.41. The Labute approximate surface area is 124 Å². The quantitative estimate of drug-likeness (QED) is 0.858. The van der Waals surface area contributed by atoms with Crippen molar-refractivity contribution in [2.45, 2.75) is 25.8 Å². The first-order valence-corrected chi connectivity index (χ1v) is 7.71. The fraction of sp³-hybridized carbons (Fsp3) is 0.500.